The Morgan fingerprint density at radius 2 is 1.31 bits per heavy atom. The molecule has 0 nitrogen and oxygen atoms in total. The molecule has 0 radical (unpaired) electrons. The molecule has 0 aromatic heterocycles. The quantitative estimate of drug-likeness (QED) is 0.458. The zero-order valence-electron chi connectivity index (χ0n) is 12.6. The second kappa shape index (κ2) is 9.07. The second-order valence-electron chi connectivity index (χ2n) is 6.04. The molecule has 0 aliphatic heterocycles. The molecular formula is C16H34. The first-order chi connectivity index (χ1) is 7.54. The van der Waals surface area contributed by atoms with E-state index in [0.29, 0.717) is 0 Å². The highest BCUT2D eigenvalue weighted by molar-refractivity contribution is 4.67. The Balaban J connectivity index is 3.90. The van der Waals surface area contributed by atoms with Gasteiger partial charge in [-0.25, -0.2) is 0 Å². The van der Waals surface area contributed by atoms with E-state index in [0.717, 1.165) is 23.7 Å². The van der Waals surface area contributed by atoms with Gasteiger partial charge in [0.25, 0.3) is 0 Å². The maximum absolute atomic E-state index is 2.46. The van der Waals surface area contributed by atoms with Gasteiger partial charge in [0.05, 0.1) is 0 Å². The van der Waals surface area contributed by atoms with E-state index >= 15 is 0 Å². The third-order valence-corrected chi connectivity index (χ3v) is 4.27. The zero-order valence-corrected chi connectivity index (χ0v) is 12.6. The van der Waals surface area contributed by atoms with Crippen LogP contribution in [0.3, 0.4) is 0 Å². The molecule has 0 N–H and O–H groups in total. The minimum absolute atomic E-state index is 0.869. The lowest BCUT2D eigenvalue weighted by Crippen LogP contribution is -2.12. The van der Waals surface area contributed by atoms with Gasteiger partial charge in [0.1, 0.15) is 0 Å². The second-order valence-corrected chi connectivity index (χ2v) is 6.04. The van der Waals surface area contributed by atoms with Crippen molar-refractivity contribution in [1.29, 1.82) is 0 Å². The van der Waals surface area contributed by atoms with Gasteiger partial charge >= 0.3 is 0 Å². The summed E-state index contributed by atoms with van der Waals surface area (Å²) < 4.78 is 0. The fourth-order valence-electron chi connectivity index (χ4n) is 2.98. The van der Waals surface area contributed by atoms with Crippen LogP contribution >= 0.6 is 0 Å². The first-order valence-electron chi connectivity index (χ1n) is 7.54. The molecule has 2 atom stereocenters. The minimum Gasteiger partial charge on any atom is -0.0651 e. The summed E-state index contributed by atoms with van der Waals surface area (Å²) in [6.07, 6.45) is 8.40. The average Bonchev–Trinajstić information content (AvgIpc) is 2.25. The molecule has 0 rings (SSSR count). The Morgan fingerprint density at radius 3 is 1.69 bits per heavy atom. The molecule has 0 aliphatic rings. The zero-order chi connectivity index (χ0) is 12.6. The van der Waals surface area contributed by atoms with Gasteiger partial charge < -0.3 is 0 Å². The fraction of sp³-hybridized carbons (Fsp3) is 1.00. The van der Waals surface area contributed by atoms with E-state index in [-0.39, 0.29) is 0 Å². The van der Waals surface area contributed by atoms with E-state index in [1.165, 1.54) is 38.5 Å². The Labute approximate surface area is 104 Å². The normalized spacial score (nSPS) is 15.8. The maximum Gasteiger partial charge on any atom is -0.0394 e. The highest BCUT2D eigenvalue weighted by Crippen LogP contribution is 2.28. The Hall–Kier alpha value is 0. The van der Waals surface area contributed by atoms with Crippen molar-refractivity contribution in [2.45, 2.75) is 80.1 Å². The molecule has 0 bridgehead atoms. The van der Waals surface area contributed by atoms with Gasteiger partial charge in [-0.1, -0.05) is 73.6 Å². The molecular weight excluding hydrogens is 192 g/mol. The molecule has 0 aliphatic carbocycles. The summed E-state index contributed by atoms with van der Waals surface area (Å²) >= 11 is 0. The van der Waals surface area contributed by atoms with E-state index in [2.05, 4.69) is 41.5 Å². The van der Waals surface area contributed by atoms with E-state index in [1.807, 2.05) is 0 Å². The van der Waals surface area contributed by atoms with Crippen LogP contribution in [0.25, 0.3) is 0 Å². The number of rotatable bonds is 9. The van der Waals surface area contributed by atoms with Crippen molar-refractivity contribution in [3.63, 3.8) is 0 Å². The van der Waals surface area contributed by atoms with Gasteiger partial charge in [-0.15, -0.1) is 0 Å². The largest absolute Gasteiger partial charge is 0.0651 e. The van der Waals surface area contributed by atoms with Gasteiger partial charge in [0.15, 0.2) is 0 Å². The van der Waals surface area contributed by atoms with Crippen LogP contribution in [0.2, 0.25) is 0 Å². The average molecular weight is 226 g/mol. The summed E-state index contributed by atoms with van der Waals surface area (Å²) in [5.74, 6) is 3.72. The van der Waals surface area contributed by atoms with E-state index in [9.17, 15) is 0 Å². The monoisotopic (exact) mass is 226 g/mol. The Morgan fingerprint density at radius 1 is 0.750 bits per heavy atom. The first-order valence-corrected chi connectivity index (χ1v) is 7.54. The van der Waals surface area contributed by atoms with E-state index in [1.54, 1.807) is 0 Å². The molecule has 2 unspecified atom stereocenters. The van der Waals surface area contributed by atoms with Gasteiger partial charge in [-0.2, -0.15) is 0 Å². The van der Waals surface area contributed by atoms with Crippen LogP contribution in [0.1, 0.15) is 80.1 Å². The molecule has 0 heteroatoms. The number of hydrogen-bond acceptors (Lipinski definition) is 0. The highest BCUT2D eigenvalue weighted by atomic mass is 14.2. The predicted octanol–water partition coefficient (Wildman–Crippen LogP) is 5.91. The lowest BCUT2D eigenvalue weighted by molar-refractivity contribution is 0.274. The third-order valence-electron chi connectivity index (χ3n) is 4.27. The molecule has 16 heavy (non-hydrogen) atoms. The fourth-order valence-corrected chi connectivity index (χ4v) is 2.98. The lowest BCUT2D eigenvalue weighted by atomic mass is 9.82. The topological polar surface area (TPSA) is 0 Å². The summed E-state index contributed by atoms with van der Waals surface area (Å²) in [6, 6.07) is 0. The highest BCUT2D eigenvalue weighted by Gasteiger charge is 2.16. The van der Waals surface area contributed by atoms with Crippen molar-refractivity contribution in [2.24, 2.45) is 23.7 Å². The van der Waals surface area contributed by atoms with Crippen molar-refractivity contribution in [3.05, 3.63) is 0 Å². The van der Waals surface area contributed by atoms with Gasteiger partial charge in [-0.05, 0) is 30.1 Å². The molecule has 0 aromatic carbocycles. The van der Waals surface area contributed by atoms with Crippen LogP contribution in [-0.4, -0.2) is 0 Å². The molecule has 0 spiro atoms. The molecule has 98 valence electrons. The lowest BCUT2D eigenvalue weighted by Gasteiger charge is -2.24. The standard InChI is InChI=1S/C16H34/c1-7-15(12-13(4)5)11-10-14(6)16(8-2)9-3/h13-16H,7-12H2,1-6H3. The summed E-state index contributed by atoms with van der Waals surface area (Å²) in [4.78, 5) is 0. The van der Waals surface area contributed by atoms with Crippen LogP contribution < -0.4 is 0 Å². The van der Waals surface area contributed by atoms with Gasteiger partial charge in [-0.3, -0.25) is 0 Å². The molecule has 0 heterocycles. The number of hydrogen-bond donors (Lipinski definition) is 0. The van der Waals surface area contributed by atoms with Gasteiger partial charge in [0.2, 0.25) is 0 Å². The van der Waals surface area contributed by atoms with Crippen LogP contribution in [0.15, 0.2) is 0 Å². The van der Waals surface area contributed by atoms with Gasteiger partial charge in [0, 0.05) is 0 Å². The van der Waals surface area contributed by atoms with Crippen LogP contribution in [0.4, 0.5) is 0 Å². The molecule has 0 fully saturated rings. The Kier molecular flexibility index (Phi) is 9.07. The SMILES string of the molecule is CCC(CCC(C)C(CC)CC)CC(C)C. The summed E-state index contributed by atoms with van der Waals surface area (Å²) in [7, 11) is 0. The van der Waals surface area contributed by atoms with Crippen LogP contribution in [0, 0.1) is 23.7 Å². The van der Waals surface area contributed by atoms with Crippen molar-refractivity contribution >= 4 is 0 Å². The van der Waals surface area contributed by atoms with Crippen molar-refractivity contribution < 1.29 is 0 Å². The van der Waals surface area contributed by atoms with Crippen molar-refractivity contribution in [1.82, 2.24) is 0 Å². The molecule has 0 saturated carbocycles. The maximum atomic E-state index is 2.46. The summed E-state index contributed by atoms with van der Waals surface area (Å²) in [6.45, 7) is 14.2. The van der Waals surface area contributed by atoms with Crippen molar-refractivity contribution in [3.8, 4) is 0 Å². The predicted molar refractivity (Wildman–Crippen MR) is 75.7 cm³/mol. The summed E-state index contributed by atoms with van der Waals surface area (Å²) in [5, 5.41) is 0. The van der Waals surface area contributed by atoms with Crippen molar-refractivity contribution in [2.75, 3.05) is 0 Å². The Bertz CT molecular complexity index is 142. The molecule has 0 aromatic rings. The molecule has 0 saturated heterocycles. The van der Waals surface area contributed by atoms with Crippen LogP contribution in [-0.2, 0) is 0 Å². The van der Waals surface area contributed by atoms with Crippen LogP contribution in [0.5, 0.6) is 0 Å². The molecule has 0 amide bonds. The minimum atomic E-state index is 0.869. The smallest absolute Gasteiger partial charge is 0.0394 e. The van der Waals surface area contributed by atoms with E-state index < -0.39 is 0 Å². The third kappa shape index (κ3) is 6.55. The summed E-state index contributed by atoms with van der Waals surface area (Å²) in [5.41, 5.74) is 0. The first kappa shape index (κ1) is 16.0. The van der Waals surface area contributed by atoms with E-state index in [4.69, 9.17) is 0 Å².